The highest BCUT2D eigenvalue weighted by molar-refractivity contribution is 5.90. The maximum atomic E-state index is 12.9. The Morgan fingerprint density at radius 2 is 1.97 bits per heavy atom. The highest BCUT2D eigenvalue weighted by Crippen LogP contribution is 2.30. The summed E-state index contributed by atoms with van der Waals surface area (Å²) in [5, 5.41) is 13.5. The van der Waals surface area contributed by atoms with Crippen molar-refractivity contribution in [3.05, 3.63) is 82.2 Å². The van der Waals surface area contributed by atoms with Crippen LogP contribution >= 0.6 is 0 Å². The lowest BCUT2D eigenvalue weighted by Crippen LogP contribution is -2.28. The second kappa shape index (κ2) is 7.68. The fourth-order valence-electron chi connectivity index (χ4n) is 4.06. The highest BCUT2D eigenvalue weighted by Gasteiger charge is 2.32. The van der Waals surface area contributed by atoms with Gasteiger partial charge in [-0.3, -0.25) is 9.59 Å². The van der Waals surface area contributed by atoms with Crippen molar-refractivity contribution < 1.29 is 9.90 Å². The van der Waals surface area contributed by atoms with E-state index in [4.69, 9.17) is 0 Å². The maximum Gasteiger partial charge on any atom is 0.256 e. The van der Waals surface area contributed by atoms with E-state index in [9.17, 15) is 14.7 Å². The smallest absolute Gasteiger partial charge is 0.256 e. The number of H-pyrrole nitrogens is 1. The normalized spacial score (nSPS) is 18.8. The fraction of sp³-hybridized carbons (Fsp3) is 0.250. The lowest BCUT2D eigenvalue weighted by atomic mass is 9.93. The first kappa shape index (κ1) is 19.2. The number of fused-ring (bicyclic) bond motifs is 1. The number of aromatic nitrogens is 1. The van der Waals surface area contributed by atoms with Gasteiger partial charge >= 0.3 is 0 Å². The van der Waals surface area contributed by atoms with Gasteiger partial charge in [0.25, 0.3) is 5.56 Å². The fourth-order valence-corrected chi connectivity index (χ4v) is 4.06. The van der Waals surface area contributed by atoms with Gasteiger partial charge in [-0.15, -0.1) is 0 Å². The average Bonchev–Trinajstić information content (AvgIpc) is 3.08. The maximum absolute atomic E-state index is 12.9. The molecule has 5 nitrogen and oxygen atoms in total. The minimum Gasteiger partial charge on any atom is -0.394 e. The minimum atomic E-state index is -0.341. The van der Waals surface area contributed by atoms with E-state index in [1.54, 1.807) is 6.07 Å². The Morgan fingerprint density at radius 1 is 1.17 bits per heavy atom. The van der Waals surface area contributed by atoms with Gasteiger partial charge in [-0.25, -0.2) is 0 Å². The number of carbonyl (C=O) groups excluding carboxylic acids is 1. The molecule has 0 spiro atoms. The summed E-state index contributed by atoms with van der Waals surface area (Å²) in [6.07, 6.45) is 1.28. The van der Waals surface area contributed by atoms with Crippen molar-refractivity contribution in [1.29, 1.82) is 0 Å². The van der Waals surface area contributed by atoms with Crippen molar-refractivity contribution in [2.45, 2.75) is 31.7 Å². The zero-order chi connectivity index (χ0) is 20.5. The Hall–Kier alpha value is -3.18. The van der Waals surface area contributed by atoms with Gasteiger partial charge in [-0.1, -0.05) is 48.6 Å². The Morgan fingerprint density at radius 3 is 2.69 bits per heavy atom. The van der Waals surface area contributed by atoms with Crippen LogP contribution in [0.3, 0.4) is 0 Å². The van der Waals surface area contributed by atoms with Gasteiger partial charge in [0.05, 0.1) is 18.6 Å². The predicted molar refractivity (Wildman–Crippen MR) is 115 cm³/mol. The molecule has 1 saturated heterocycles. The van der Waals surface area contributed by atoms with E-state index in [1.165, 1.54) is 0 Å². The molecule has 148 valence electrons. The lowest BCUT2D eigenvalue weighted by Gasteiger charge is -2.12. The molecule has 4 rings (SSSR count). The number of allylic oxidation sites excluding steroid dienone is 1. The minimum absolute atomic E-state index is 0.0800. The monoisotopic (exact) mass is 388 g/mol. The van der Waals surface area contributed by atoms with Crippen LogP contribution in [0.5, 0.6) is 0 Å². The molecule has 0 aliphatic carbocycles. The molecule has 1 aliphatic rings. The van der Waals surface area contributed by atoms with Crippen molar-refractivity contribution in [2.75, 3.05) is 6.61 Å². The summed E-state index contributed by atoms with van der Waals surface area (Å²) < 4.78 is 0. The Bertz CT molecular complexity index is 1160. The molecule has 3 aromatic rings. The Balaban J connectivity index is 1.76. The molecule has 1 amide bonds. The molecule has 2 heterocycles. The standard InChI is InChI=1S/C24H24N2O3/c1-14(2)9-15-5-3-4-6-19(15)22-11-17-8-7-16(10-20(17)24(29)26-22)21-12-18(13-27)25-23(21)28/h3-8,10-11,18,21,27H,1,9,12-13H2,2H3,(H,25,28)(H,26,29)/t18?,21-/m1/s1. The number of aliphatic hydroxyl groups excluding tert-OH is 1. The second-order valence-corrected chi connectivity index (χ2v) is 7.83. The van der Waals surface area contributed by atoms with Crippen LogP contribution in [-0.2, 0) is 11.2 Å². The van der Waals surface area contributed by atoms with Crippen molar-refractivity contribution in [3.8, 4) is 11.3 Å². The third-order valence-corrected chi connectivity index (χ3v) is 5.48. The number of aromatic amines is 1. The number of benzene rings is 2. The Kier molecular flexibility index (Phi) is 5.07. The third kappa shape index (κ3) is 3.74. The van der Waals surface area contributed by atoms with Crippen LogP contribution in [0.25, 0.3) is 22.0 Å². The first-order valence-electron chi connectivity index (χ1n) is 9.77. The van der Waals surface area contributed by atoms with E-state index in [1.807, 2.05) is 49.4 Å². The van der Waals surface area contributed by atoms with Crippen molar-refractivity contribution >= 4 is 16.7 Å². The quantitative estimate of drug-likeness (QED) is 0.587. The number of aliphatic hydroxyl groups is 1. The number of rotatable bonds is 5. The summed E-state index contributed by atoms with van der Waals surface area (Å²) in [6, 6.07) is 15.3. The van der Waals surface area contributed by atoms with Crippen LogP contribution in [0.15, 0.2) is 65.5 Å². The number of carbonyl (C=O) groups is 1. The summed E-state index contributed by atoms with van der Waals surface area (Å²) in [7, 11) is 0. The first-order chi connectivity index (χ1) is 14.0. The molecule has 29 heavy (non-hydrogen) atoms. The number of hydrogen-bond donors (Lipinski definition) is 3. The van der Waals surface area contributed by atoms with Crippen LogP contribution in [-0.4, -0.2) is 28.6 Å². The van der Waals surface area contributed by atoms with E-state index in [0.29, 0.717) is 11.8 Å². The van der Waals surface area contributed by atoms with Crippen LogP contribution in [0.4, 0.5) is 0 Å². The van der Waals surface area contributed by atoms with E-state index in [-0.39, 0.29) is 30.0 Å². The topological polar surface area (TPSA) is 82.2 Å². The summed E-state index contributed by atoms with van der Waals surface area (Å²) >= 11 is 0. The average molecular weight is 388 g/mol. The molecule has 0 bridgehead atoms. The molecule has 1 aliphatic heterocycles. The molecule has 0 radical (unpaired) electrons. The highest BCUT2D eigenvalue weighted by atomic mass is 16.3. The van der Waals surface area contributed by atoms with Crippen LogP contribution in [0.1, 0.15) is 30.4 Å². The van der Waals surface area contributed by atoms with Crippen molar-refractivity contribution in [3.63, 3.8) is 0 Å². The van der Waals surface area contributed by atoms with Crippen molar-refractivity contribution in [2.24, 2.45) is 0 Å². The first-order valence-corrected chi connectivity index (χ1v) is 9.77. The van der Waals surface area contributed by atoms with Crippen LogP contribution in [0.2, 0.25) is 0 Å². The second-order valence-electron chi connectivity index (χ2n) is 7.83. The van der Waals surface area contributed by atoms with Gasteiger partial charge in [0.1, 0.15) is 0 Å². The largest absolute Gasteiger partial charge is 0.394 e. The molecule has 1 aromatic heterocycles. The molecule has 2 atom stereocenters. The van der Waals surface area contributed by atoms with Gasteiger partial charge in [-0.2, -0.15) is 0 Å². The molecule has 1 fully saturated rings. The lowest BCUT2D eigenvalue weighted by molar-refractivity contribution is -0.120. The zero-order valence-corrected chi connectivity index (χ0v) is 16.4. The molecule has 3 N–H and O–H groups in total. The van der Waals surface area contributed by atoms with Gasteiger partial charge < -0.3 is 15.4 Å². The van der Waals surface area contributed by atoms with E-state index in [2.05, 4.69) is 16.9 Å². The zero-order valence-electron chi connectivity index (χ0n) is 16.4. The van der Waals surface area contributed by atoms with Gasteiger partial charge in [0, 0.05) is 16.6 Å². The van der Waals surface area contributed by atoms with E-state index >= 15 is 0 Å². The number of hydrogen-bond acceptors (Lipinski definition) is 3. The summed E-state index contributed by atoms with van der Waals surface area (Å²) in [4.78, 5) is 28.1. The van der Waals surface area contributed by atoms with Crippen molar-refractivity contribution in [1.82, 2.24) is 10.3 Å². The number of nitrogens with one attached hydrogen (secondary N) is 2. The summed E-state index contributed by atoms with van der Waals surface area (Å²) in [6.45, 7) is 5.91. The SMILES string of the molecule is C=C(C)Cc1ccccc1-c1cc2ccc([C@H]3CC(CO)NC3=O)cc2c(=O)[nH]1. The van der Waals surface area contributed by atoms with Gasteiger partial charge in [0.2, 0.25) is 5.91 Å². The van der Waals surface area contributed by atoms with Crippen LogP contribution < -0.4 is 10.9 Å². The molecule has 5 heteroatoms. The summed E-state index contributed by atoms with van der Waals surface area (Å²) in [5.74, 6) is -0.447. The molecular formula is C24H24N2O3. The van der Waals surface area contributed by atoms with E-state index in [0.717, 1.165) is 39.8 Å². The van der Waals surface area contributed by atoms with Gasteiger partial charge in [-0.05, 0) is 48.4 Å². The molecule has 1 unspecified atom stereocenters. The molecular weight excluding hydrogens is 364 g/mol. The van der Waals surface area contributed by atoms with Crippen LogP contribution in [0, 0.1) is 0 Å². The predicted octanol–water partition coefficient (Wildman–Crippen LogP) is 3.28. The molecule has 2 aromatic carbocycles. The van der Waals surface area contributed by atoms with E-state index < -0.39 is 0 Å². The molecule has 0 saturated carbocycles. The third-order valence-electron chi connectivity index (χ3n) is 5.48. The summed E-state index contributed by atoms with van der Waals surface area (Å²) in [5.41, 5.74) is 4.55. The Labute approximate surface area is 169 Å². The number of amides is 1. The number of pyridine rings is 1. The van der Waals surface area contributed by atoms with Gasteiger partial charge in [0.15, 0.2) is 0 Å².